The lowest BCUT2D eigenvalue weighted by molar-refractivity contribution is 0.286. The van der Waals surface area contributed by atoms with E-state index in [2.05, 4.69) is 9.93 Å². The maximum absolute atomic E-state index is 12.3. The first-order valence-electron chi connectivity index (χ1n) is 10.0. The minimum atomic E-state index is -3.76. The first-order chi connectivity index (χ1) is 16.0. The van der Waals surface area contributed by atoms with Gasteiger partial charge in [0, 0.05) is 0 Å². The fraction of sp³-hybridized carbons (Fsp3) is 0.0800. The lowest BCUT2D eigenvalue weighted by atomic mass is 10.1. The molecule has 0 atom stereocenters. The summed E-state index contributed by atoms with van der Waals surface area (Å²) in [5.41, 5.74) is 1.57. The molecule has 0 bridgehead atoms. The number of benzene rings is 4. The van der Waals surface area contributed by atoms with E-state index in [0.717, 1.165) is 16.3 Å². The first kappa shape index (κ1) is 22.6. The van der Waals surface area contributed by atoms with E-state index in [0.29, 0.717) is 28.7 Å². The zero-order valence-electron chi connectivity index (χ0n) is 17.7. The highest BCUT2D eigenvalue weighted by atomic mass is 35.5. The fourth-order valence-corrected chi connectivity index (χ4v) is 4.43. The molecule has 0 aromatic heterocycles. The molecule has 33 heavy (non-hydrogen) atoms. The van der Waals surface area contributed by atoms with Crippen molar-refractivity contribution >= 4 is 38.6 Å². The Bertz CT molecular complexity index is 1400. The van der Waals surface area contributed by atoms with E-state index in [1.807, 2.05) is 42.5 Å². The second-order valence-electron chi connectivity index (χ2n) is 7.13. The molecule has 1 N–H and O–H groups in total. The van der Waals surface area contributed by atoms with E-state index in [-0.39, 0.29) is 4.90 Å². The molecule has 0 saturated carbocycles. The fourth-order valence-electron chi connectivity index (χ4n) is 3.35. The molecule has 0 radical (unpaired) electrons. The van der Waals surface area contributed by atoms with Gasteiger partial charge in [-0.1, -0.05) is 72.3 Å². The van der Waals surface area contributed by atoms with Crippen molar-refractivity contribution in [2.45, 2.75) is 11.5 Å². The third-order valence-electron chi connectivity index (χ3n) is 4.94. The first-order valence-corrected chi connectivity index (χ1v) is 11.9. The van der Waals surface area contributed by atoms with Crippen LogP contribution in [0.25, 0.3) is 10.8 Å². The quantitative estimate of drug-likeness (QED) is 0.271. The molecular weight excluding hydrogens is 460 g/mol. The second kappa shape index (κ2) is 9.94. The topological polar surface area (TPSA) is 77.0 Å². The number of ether oxygens (including phenoxy) is 2. The minimum absolute atomic E-state index is 0.120. The number of halogens is 1. The molecule has 4 rings (SSSR count). The van der Waals surface area contributed by atoms with E-state index in [1.165, 1.54) is 25.5 Å². The Morgan fingerprint density at radius 1 is 0.970 bits per heavy atom. The van der Waals surface area contributed by atoms with Crippen molar-refractivity contribution in [1.29, 1.82) is 0 Å². The summed E-state index contributed by atoms with van der Waals surface area (Å²) in [5, 5.41) is 6.39. The largest absolute Gasteiger partial charge is 0.493 e. The van der Waals surface area contributed by atoms with Crippen LogP contribution in [0.1, 0.15) is 11.1 Å². The molecule has 4 aromatic rings. The maximum atomic E-state index is 12.3. The van der Waals surface area contributed by atoms with Gasteiger partial charge in [-0.05, 0) is 46.2 Å². The van der Waals surface area contributed by atoms with Gasteiger partial charge in [-0.2, -0.15) is 13.5 Å². The monoisotopic (exact) mass is 480 g/mol. The zero-order chi connectivity index (χ0) is 23.3. The highest BCUT2D eigenvalue weighted by molar-refractivity contribution is 7.89. The van der Waals surface area contributed by atoms with E-state index in [9.17, 15) is 8.42 Å². The number of rotatable bonds is 8. The molecular formula is C25H21ClN2O4S. The van der Waals surface area contributed by atoms with Gasteiger partial charge in [-0.15, -0.1) is 0 Å². The van der Waals surface area contributed by atoms with E-state index < -0.39 is 10.0 Å². The molecule has 4 aromatic carbocycles. The van der Waals surface area contributed by atoms with Gasteiger partial charge in [-0.25, -0.2) is 4.83 Å². The van der Waals surface area contributed by atoms with Crippen LogP contribution in [0.2, 0.25) is 5.02 Å². The Balaban J connectivity index is 1.51. The third-order valence-corrected chi connectivity index (χ3v) is 6.46. The molecule has 0 amide bonds. The van der Waals surface area contributed by atoms with Crippen LogP contribution in [0.3, 0.4) is 0 Å². The van der Waals surface area contributed by atoms with Crippen molar-refractivity contribution in [1.82, 2.24) is 4.83 Å². The van der Waals surface area contributed by atoms with Crippen molar-refractivity contribution in [2.24, 2.45) is 5.10 Å². The van der Waals surface area contributed by atoms with Crippen molar-refractivity contribution in [3.8, 4) is 11.5 Å². The van der Waals surface area contributed by atoms with E-state index >= 15 is 0 Å². The molecule has 8 heteroatoms. The average molecular weight is 481 g/mol. The summed E-state index contributed by atoms with van der Waals surface area (Å²) in [6.45, 7) is 0.307. The molecule has 0 aliphatic rings. The van der Waals surface area contributed by atoms with Gasteiger partial charge in [0.15, 0.2) is 11.5 Å². The van der Waals surface area contributed by atoms with Crippen molar-refractivity contribution in [3.05, 3.63) is 101 Å². The lowest BCUT2D eigenvalue weighted by Gasteiger charge is -2.14. The summed E-state index contributed by atoms with van der Waals surface area (Å²) >= 11 is 6.46. The summed E-state index contributed by atoms with van der Waals surface area (Å²) in [5.74, 6) is 0.809. The Kier molecular flexibility index (Phi) is 6.82. The maximum Gasteiger partial charge on any atom is 0.276 e. The SMILES string of the molecule is COc1cc(C=NNS(=O)(=O)c2ccccc2)cc(Cl)c1OCc1cccc2ccccc12. The number of nitrogens with zero attached hydrogens (tertiary/aromatic N) is 1. The molecule has 6 nitrogen and oxygen atoms in total. The summed E-state index contributed by atoms with van der Waals surface area (Å²) in [4.78, 5) is 2.31. The van der Waals surface area contributed by atoms with Gasteiger partial charge in [0.2, 0.25) is 0 Å². The van der Waals surface area contributed by atoms with Gasteiger partial charge < -0.3 is 9.47 Å². The van der Waals surface area contributed by atoms with Gasteiger partial charge in [0.1, 0.15) is 6.61 Å². The summed E-state index contributed by atoms with van der Waals surface area (Å²) in [7, 11) is -2.25. The van der Waals surface area contributed by atoms with Crippen LogP contribution < -0.4 is 14.3 Å². The Morgan fingerprint density at radius 3 is 2.48 bits per heavy atom. The molecule has 0 spiro atoms. The number of nitrogens with one attached hydrogen (secondary N) is 1. The van der Waals surface area contributed by atoms with Crippen molar-refractivity contribution in [3.63, 3.8) is 0 Å². The highest BCUT2D eigenvalue weighted by Crippen LogP contribution is 2.37. The van der Waals surface area contributed by atoms with Crippen LogP contribution in [0.4, 0.5) is 0 Å². The van der Waals surface area contributed by atoms with E-state index in [1.54, 1.807) is 30.3 Å². The number of sulfonamides is 1. The smallest absolute Gasteiger partial charge is 0.276 e. The van der Waals surface area contributed by atoms with Crippen LogP contribution in [-0.4, -0.2) is 21.7 Å². The van der Waals surface area contributed by atoms with Gasteiger partial charge in [-0.3, -0.25) is 0 Å². The van der Waals surface area contributed by atoms with E-state index in [4.69, 9.17) is 21.1 Å². The summed E-state index contributed by atoms with van der Waals surface area (Å²) in [6, 6.07) is 25.4. The van der Waals surface area contributed by atoms with Crippen LogP contribution >= 0.6 is 11.6 Å². The molecule has 0 heterocycles. The number of hydrazone groups is 1. The minimum Gasteiger partial charge on any atom is -0.493 e. The van der Waals surface area contributed by atoms with Crippen LogP contribution in [0, 0.1) is 0 Å². The molecule has 0 aliphatic carbocycles. The normalized spacial score (nSPS) is 11.6. The van der Waals surface area contributed by atoms with Crippen molar-refractivity contribution < 1.29 is 17.9 Å². The summed E-state index contributed by atoms with van der Waals surface area (Å²) < 4.78 is 36.0. The zero-order valence-corrected chi connectivity index (χ0v) is 19.3. The Morgan fingerprint density at radius 2 is 1.70 bits per heavy atom. The Labute approximate surface area is 197 Å². The van der Waals surface area contributed by atoms with Gasteiger partial charge in [0.05, 0.1) is 23.2 Å². The standard InChI is InChI=1S/C25H21ClN2O4S/c1-31-24-15-18(16-27-28-33(29,30)21-11-3-2-4-12-21)14-23(26)25(24)32-17-20-10-7-9-19-8-5-6-13-22(19)20/h2-16,28H,17H2,1H3. The number of hydrogen-bond acceptors (Lipinski definition) is 5. The predicted molar refractivity (Wildman–Crippen MR) is 131 cm³/mol. The summed E-state index contributed by atoms with van der Waals surface area (Å²) in [6.07, 6.45) is 1.35. The van der Waals surface area contributed by atoms with Crippen LogP contribution in [0.5, 0.6) is 11.5 Å². The van der Waals surface area contributed by atoms with Gasteiger partial charge >= 0.3 is 0 Å². The molecule has 0 fully saturated rings. The van der Waals surface area contributed by atoms with Crippen molar-refractivity contribution in [2.75, 3.05) is 7.11 Å². The number of methoxy groups -OCH3 is 1. The lowest BCUT2D eigenvalue weighted by Crippen LogP contribution is -2.18. The molecule has 0 unspecified atom stereocenters. The van der Waals surface area contributed by atoms with Gasteiger partial charge in [0.25, 0.3) is 10.0 Å². The van der Waals surface area contributed by atoms with Crippen LogP contribution in [0.15, 0.2) is 94.9 Å². The molecule has 168 valence electrons. The molecule has 0 saturated heterocycles. The molecule has 0 aliphatic heterocycles. The second-order valence-corrected chi connectivity index (χ2v) is 9.20. The Hall–Kier alpha value is -3.55. The number of hydrogen-bond donors (Lipinski definition) is 1. The third kappa shape index (κ3) is 5.27. The predicted octanol–water partition coefficient (Wildman–Crippen LogP) is 5.39. The van der Waals surface area contributed by atoms with Crippen LogP contribution in [-0.2, 0) is 16.6 Å². The highest BCUT2D eigenvalue weighted by Gasteiger charge is 2.14. The number of fused-ring (bicyclic) bond motifs is 1. The average Bonchev–Trinajstić information content (AvgIpc) is 2.83.